The maximum absolute atomic E-state index is 5.85. The van der Waals surface area contributed by atoms with Gasteiger partial charge in [-0.3, -0.25) is 0 Å². The zero-order valence-corrected chi connectivity index (χ0v) is 19.5. The van der Waals surface area contributed by atoms with E-state index in [1.807, 2.05) is 20.5 Å². The van der Waals surface area contributed by atoms with Crippen LogP contribution in [0.5, 0.6) is 0 Å². The Balaban J connectivity index is 0.00000484. The quantitative estimate of drug-likeness (QED) is 0.193. The molecule has 0 amide bonds. The average molecular weight is 554 g/mol. The largest absolute Gasteiger partial charge is 0.546 e. The van der Waals surface area contributed by atoms with E-state index in [4.69, 9.17) is 18.9 Å². The smallest absolute Gasteiger partial charge is 0.147 e. The molecule has 0 aromatic rings. The van der Waals surface area contributed by atoms with E-state index in [0.717, 1.165) is 13.0 Å². The van der Waals surface area contributed by atoms with Crippen LogP contribution in [-0.2, 0) is 18.9 Å². The molecule has 0 saturated carbocycles. The summed E-state index contributed by atoms with van der Waals surface area (Å²) in [5.41, 5.74) is 0. The third-order valence-electron chi connectivity index (χ3n) is 3.93. The second-order valence-corrected chi connectivity index (χ2v) is 6.48. The molecule has 1 rings (SSSR count). The predicted molar refractivity (Wildman–Crippen MR) is 88.5 cm³/mol. The van der Waals surface area contributed by atoms with E-state index in [9.17, 15) is 0 Å². The van der Waals surface area contributed by atoms with Gasteiger partial charge in [-0.15, -0.1) is 5.92 Å². The van der Waals surface area contributed by atoms with Crippen LogP contribution < -0.4 is 0 Å². The number of rotatable bonds is 13. The van der Waals surface area contributed by atoms with Crippen molar-refractivity contribution >= 4 is 0 Å². The molecule has 1 aliphatic rings. The molecule has 5 heteroatoms. The van der Waals surface area contributed by atoms with Crippen LogP contribution in [0.1, 0.15) is 66.2 Å². The van der Waals surface area contributed by atoms with Gasteiger partial charge < -0.3 is 18.9 Å². The summed E-state index contributed by atoms with van der Waals surface area (Å²) in [7, 11) is 0. The minimum atomic E-state index is -0.0185. The van der Waals surface area contributed by atoms with Crippen molar-refractivity contribution in [2.24, 2.45) is 5.92 Å². The van der Waals surface area contributed by atoms with Crippen molar-refractivity contribution in [2.75, 3.05) is 20.0 Å². The van der Waals surface area contributed by atoms with Crippen LogP contribution in [0.3, 0.4) is 0 Å². The molecule has 0 spiro atoms. The molecule has 0 N–H and O–H groups in total. The summed E-state index contributed by atoms with van der Waals surface area (Å²) < 4.78 is 22.7. The molecule has 3 atom stereocenters. The Morgan fingerprint density at radius 2 is 1.78 bits per heavy atom. The van der Waals surface area contributed by atoms with Crippen LogP contribution in [0.25, 0.3) is 0 Å². The maximum atomic E-state index is 5.85. The number of hydrogen-bond donors (Lipinski definition) is 0. The minimum absolute atomic E-state index is 0. The third kappa shape index (κ3) is 11.2. The van der Waals surface area contributed by atoms with E-state index in [0.29, 0.717) is 13.4 Å². The number of hydrogen-bond acceptors (Lipinski definition) is 4. The zero-order chi connectivity index (χ0) is 16.2. The van der Waals surface area contributed by atoms with Gasteiger partial charge in [0, 0.05) is 37.7 Å². The molecule has 0 radical (unpaired) electrons. The van der Waals surface area contributed by atoms with Gasteiger partial charge in [-0.1, -0.05) is 46.0 Å². The fourth-order valence-electron chi connectivity index (χ4n) is 2.57. The molecule has 4 nitrogen and oxygen atoms in total. The van der Waals surface area contributed by atoms with E-state index < -0.39 is 0 Å². The second-order valence-electron chi connectivity index (χ2n) is 6.48. The van der Waals surface area contributed by atoms with Crippen LogP contribution in [0.15, 0.2) is 0 Å². The van der Waals surface area contributed by atoms with Gasteiger partial charge in [0.25, 0.3) is 0 Å². The fourth-order valence-corrected chi connectivity index (χ4v) is 2.57. The number of ether oxygens (including phenoxy) is 4. The first-order valence-electron chi connectivity index (χ1n) is 8.94. The van der Waals surface area contributed by atoms with Crippen LogP contribution in [0.2, 0.25) is 0 Å². The Bertz CT molecular complexity index is 263. The van der Waals surface area contributed by atoms with Crippen molar-refractivity contribution in [1.82, 2.24) is 0 Å². The van der Waals surface area contributed by atoms with Crippen molar-refractivity contribution in [2.45, 2.75) is 84.5 Å². The van der Waals surface area contributed by atoms with Gasteiger partial charge >= 0.3 is 0 Å². The van der Waals surface area contributed by atoms with Crippen LogP contribution >= 0.6 is 0 Å². The molecule has 1 aliphatic heterocycles. The molecule has 1 saturated heterocycles. The molecular weight excluding hydrogens is 518 g/mol. The van der Waals surface area contributed by atoms with Crippen LogP contribution in [0.4, 0.5) is 0 Å². The Labute approximate surface area is 166 Å². The van der Waals surface area contributed by atoms with Gasteiger partial charge in [-0.05, 0) is 20.3 Å². The maximum Gasteiger partial charge on any atom is 0.147 e. The summed E-state index contributed by atoms with van der Waals surface area (Å²) in [6, 6.07) is 0. The van der Waals surface area contributed by atoms with Crippen molar-refractivity contribution in [3.63, 3.8) is 0 Å². The summed E-state index contributed by atoms with van der Waals surface area (Å²) >= 11 is 0. The average Bonchev–Trinajstić information content (AvgIpc) is 2.84. The van der Waals surface area contributed by atoms with Gasteiger partial charge in [-0.2, -0.15) is 0 Å². The minimum Gasteiger partial charge on any atom is -0.546 e. The van der Waals surface area contributed by atoms with Crippen LogP contribution in [0, 0.1) is 43.6 Å². The normalized spacial score (nSPS) is 24.1. The van der Waals surface area contributed by atoms with Crippen LogP contribution in [-0.4, -0.2) is 38.3 Å². The summed E-state index contributed by atoms with van der Waals surface area (Å²) in [5.74, 6) is 0.276. The Morgan fingerprint density at radius 3 is 2.48 bits per heavy atom. The Hall–Kier alpha value is 0.892. The molecule has 1 heterocycles. The van der Waals surface area contributed by atoms with Crippen molar-refractivity contribution < 1.29 is 50.1 Å². The fraction of sp³-hybridized carbons (Fsp3) is 0.944. The SMILES string of the molecule is CCCCCCCCOCO[C@@H]1C(C)[CH-]O[C@@H]1COC(C)C.[U]. The molecule has 0 aliphatic carbocycles. The first-order valence-corrected chi connectivity index (χ1v) is 8.94. The van der Waals surface area contributed by atoms with E-state index in [1.54, 1.807) is 0 Å². The standard InChI is InChI=1S/C18H35O4.U/c1-5-6-7-8-9-10-11-19-14-22-18-16(4)12-21-17(18)13-20-15(2)3;/h12,15-18H,5-11,13-14H2,1-4H3;/q-1;/t16?,17-,18-;/m1./s1. The molecule has 23 heavy (non-hydrogen) atoms. The number of unbranched alkanes of at least 4 members (excludes halogenated alkanes) is 5. The molecule has 1 unspecified atom stereocenters. The molecule has 1 fully saturated rings. The first-order chi connectivity index (χ1) is 10.6. The van der Waals surface area contributed by atoms with Crippen molar-refractivity contribution in [1.29, 1.82) is 0 Å². The second kappa shape index (κ2) is 15.2. The first kappa shape index (κ1) is 23.9. The van der Waals surface area contributed by atoms with Crippen molar-refractivity contribution in [3.05, 3.63) is 6.61 Å². The summed E-state index contributed by atoms with van der Waals surface area (Å²) in [5, 5.41) is 0. The predicted octanol–water partition coefficient (Wildman–Crippen LogP) is 4.33. The molecule has 0 aromatic carbocycles. The summed E-state index contributed by atoms with van der Waals surface area (Å²) in [6.07, 6.45) is 7.90. The van der Waals surface area contributed by atoms with Gasteiger partial charge in [0.1, 0.15) is 6.79 Å². The van der Waals surface area contributed by atoms with Gasteiger partial charge in [0.2, 0.25) is 0 Å². The topological polar surface area (TPSA) is 36.9 Å². The Kier molecular flexibility index (Phi) is 15.8. The summed E-state index contributed by atoms with van der Waals surface area (Å²) in [6.45, 7) is 12.0. The van der Waals surface area contributed by atoms with E-state index in [1.165, 1.54) is 32.1 Å². The van der Waals surface area contributed by atoms with Crippen molar-refractivity contribution in [3.8, 4) is 0 Å². The third-order valence-corrected chi connectivity index (χ3v) is 3.93. The molecular formula is C18H35O4U-. The van der Waals surface area contributed by atoms with E-state index in [-0.39, 0.29) is 55.3 Å². The molecule has 136 valence electrons. The van der Waals surface area contributed by atoms with E-state index >= 15 is 0 Å². The monoisotopic (exact) mass is 553 g/mol. The van der Waals surface area contributed by atoms with E-state index in [2.05, 4.69) is 13.8 Å². The van der Waals surface area contributed by atoms with Gasteiger partial charge in [-0.25, -0.2) is 6.61 Å². The summed E-state index contributed by atoms with van der Waals surface area (Å²) in [4.78, 5) is 0. The zero-order valence-electron chi connectivity index (χ0n) is 15.4. The molecule has 0 bridgehead atoms. The van der Waals surface area contributed by atoms with Gasteiger partial charge in [0.15, 0.2) is 0 Å². The molecule has 0 aromatic heterocycles. The van der Waals surface area contributed by atoms with Gasteiger partial charge in [0.05, 0.1) is 24.9 Å². The Morgan fingerprint density at radius 1 is 1.09 bits per heavy atom.